The zero-order chi connectivity index (χ0) is 18.1. The molecule has 0 fully saturated rings. The lowest BCUT2D eigenvalue weighted by atomic mass is 9.99. The highest BCUT2D eigenvalue weighted by atomic mass is 16.5. The molecule has 7 heteroatoms. The Morgan fingerprint density at radius 2 is 2.12 bits per heavy atom. The van der Waals surface area contributed by atoms with Crippen LogP contribution in [-0.4, -0.2) is 39.7 Å². The van der Waals surface area contributed by atoms with Crippen molar-refractivity contribution in [3.05, 3.63) is 47.5 Å². The van der Waals surface area contributed by atoms with Gasteiger partial charge in [-0.05, 0) is 37.5 Å². The van der Waals surface area contributed by atoms with E-state index in [-0.39, 0.29) is 6.61 Å². The van der Waals surface area contributed by atoms with Gasteiger partial charge in [0.05, 0.1) is 17.8 Å². The highest BCUT2D eigenvalue weighted by molar-refractivity contribution is 6.38. The van der Waals surface area contributed by atoms with Gasteiger partial charge in [0.15, 0.2) is 0 Å². The predicted octanol–water partition coefficient (Wildman–Crippen LogP) is 1.52. The molecule has 0 spiro atoms. The molecular weight excluding hydrogens is 334 g/mol. The van der Waals surface area contributed by atoms with E-state index in [0.29, 0.717) is 47.7 Å². The third-order valence-electron chi connectivity index (χ3n) is 4.57. The normalized spacial score (nSPS) is 17.5. The van der Waals surface area contributed by atoms with Crippen molar-refractivity contribution in [3.8, 4) is 0 Å². The highest BCUT2D eigenvalue weighted by Gasteiger charge is 2.36. The van der Waals surface area contributed by atoms with E-state index in [0.717, 1.165) is 18.2 Å². The van der Waals surface area contributed by atoms with Gasteiger partial charge in [-0.25, -0.2) is 4.98 Å². The predicted molar refractivity (Wildman–Crippen MR) is 94.8 cm³/mol. The fourth-order valence-electron chi connectivity index (χ4n) is 3.41. The fraction of sp³-hybridized carbons (Fsp3) is 0.316. The van der Waals surface area contributed by atoms with Crippen LogP contribution in [0.5, 0.6) is 0 Å². The Hall–Kier alpha value is -2.93. The Bertz CT molecular complexity index is 955. The quantitative estimate of drug-likeness (QED) is 0.795. The number of rotatable bonds is 5. The molecule has 0 unspecified atom stereocenters. The smallest absolute Gasteiger partial charge is 0.262 e. The van der Waals surface area contributed by atoms with E-state index in [9.17, 15) is 9.59 Å². The van der Waals surface area contributed by atoms with Crippen molar-refractivity contribution in [2.24, 2.45) is 0 Å². The summed E-state index contributed by atoms with van der Waals surface area (Å²) in [4.78, 5) is 29.4. The van der Waals surface area contributed by atoms with Crippen LogP contribution < -0.4 is 5.32 Å². The topological polar surface area (TPSA) is 93.5 Å². The van der Waals surface area contributed by atoms with Crippen LogP contribution in [0.15, 0.2) is 41.9 Å². The third-order valence-corrected chi connectivity index (χ3v) is 4.57. The van der Waals surface area contributed by atoms with Gasteiger partial charge in [0.25, 0.3) is 11.8 Å². The van der Waals surface area contributed by atoms with Gasteiger partial charge in [0, 0.05) is 36.5 Å². The van der Waals surface area contributed by atoms with Gasteiger partial charge in [0.2, 0.25) is 0 Å². The van der Waals surface area contributed by atoms with Gasteiger partial charge >= 0.3 is 0 Å². The second-order valence-electron chi connectivity index (χ2n) is 6.28. The number of hydrogen-bond donors (Lipinski definition) is 2. The molecule has 4 rings (SSSR count). The number of nitrogens with one attached hydrogen (secondary N) is 1. The minimum atomic E-state index is -0.432. The number of pyridine rings is 1. The van der Waals surface area contributed by atoms with E-state index >= 15 is 0 Å². The van der Waals surface area contributed by atoms with Crippen molar-refractivity contribution in [3.63, 3.8) is 0 Å². The Balaban J connectivity index is 1.92. The molecule has 2 aliphatic rings. The third kappa shape index (κ3) is 2.70. The Labute approximate surface area is 150 Å². The molecule has 0 aliphatic carbocycles. The molecule has 2 aromatic rings. The van der Waals surface area contributed by atoms with Crippen molar-refractivity contribution in [2.45, 2.75) is 25.8 Å². The fourth-order valence-corrected chi connectivity index (χ4v) is 3.41. The van der Waals surface area contributed by atoms with Crippen molar-refractivity contribution < 1.29 is 19.4 Å². The number of nitrogens with zero attached hydrogens (tertiary/aromatic N) is 2. The summed E-state index contributed by atoms with van der Waals surface area (Å²) in [6.45, 7) is 1.17. The summed E-state index contributed by atoms with van der Waals surface area (Å²) >= 11 is 0. The Kier molecular flexibility index (Phi) is 4.30. The first kappa shape index (κ1) is 16.5. The number of aliphatic hydroxyl groups excluding tert-OH is 1. The number of hydrogen-bond acceptors (Lipinski definition) is 5. The van der Waals surface area contributed by atoms with E-state index in [1.54, 1.807) is 12.3 Å². The Morgan fingerprint density at radius 1 is 1.27 bits per heavy atom. The number of amides is 2. The number of aryl methyl sites for hydroxylation is 1. The summed E-state index contributed by atoms with van der Waals surface area (Å²) in [7, 11) is 0. The molecule has 0 aromatic carbocycles. The number of aliphatic hydroxyl groups is 1. The monoisotopic (exact) mass is 353 g/mol. The van der Waals surface area contributed by atoms with Crippen LogP contribution in [0.25, 0.3) is 16.6 Å². The second-order valence-corrected chi connectivity index (χ2v) is 6.28. The first-order valence-electron chi connectivity index (χ1n) is 8.69. The lowest BCUT2D eigenvalue weighted by molar-refractivity contribution is -0.123. The summed E-state index contributed by atoms with van der Waals surface area (Å²) in [5.74, 6) is -0.391. The first-order valence-corrected chi connectivity index (χ1v) is 8.69. The maximum Gasteiger partial charge on any atom is 0.262 e. The van der Waals surface area contributed by atoms with Crippen molar-refractivity contribution in [1.29, 1.82) is 0 Å². The van der Waals surface area contributed by atoms with E-state index in [1.807, 2.05) is 22.9 Å². The SMILES string of the molecule is O=C1NC(=O)C(c2cn(CCCO)c3ncccc23)=C1C1=CCCCO1. The minimum Gasteiger partial charge on any atom is -0.493 e. The molecule has 2 aromatic heterocycles. The van der Waals surface area contributed by atoms with E-state index in [1.165, 1.54) is 0 Å². The molecule has 2 N–H and O–H groups in total. The molecule has 2 amide bonds. The zero-order valence-corrected chi connectivity index (χ0v) is 14.2. The van der Waals surface area contributed by atoms with Gasteiger partial charge in [0.1, 0.15) is 11.4 Å². The summed E-state index contributed by atoms with van der Waals surface area (Å²) in [5.41, 5.74) is 1.98. The minimum absolute atomic E-state index is 0.0650. The van der Waals surface area contributed by atoms with E-state index in [4.69, 9.17) is 9.84 Å². The summed E-state index contributed by atoms with van der Waals surface area (Å²) in [6.07, 6.45) is 7.65. The van der Waals surface area contributed by atoms with Crippen molar-refractivity contribution in [1.82, 2.24) is 14.9 Å². The number of carbonyl (C=O) groups is 2. The summed E-state index contributed by atoms with van der Waals surface area (Å²) < 4.78 is 7.55. The maximum absolute atomic E-state index is 12.6. The molecule has 0 saturated carbocycles. The largest absolute Gasteiger partial charge is 0.493 e. The van der Waals surface area contributed by atoms with Crippen molar-refractivity contribution in [2.75, 3.05) is 13.2 Å². The van der Waals surface area contributed by atoms with Crippen LogP contribution in [0.3, 0.4) is 0 Å². The molecule has 0 saturated heterocycles. The second kappa shape index (κ2) is 6.76. The van der Waals surface area contributed by atoms with Gasteiger partial charge < -0.3 is 14.4 Å². The van der Waals surface area contributed by atoms with Crippen LogP contribution in [-0.2, 0) is 20.9 Å². The molecule has 0 bridgehead atoms. The van der Waals surface area contributed by atoms with Crippen LogP contribution in [0.1, 0.15) is 24.8 Å². The number of carbonyl (C=O) groups excluding carboxylic acids is 2. The molecule has 7 nitrogen and oxygen atoms in total. The van der Waals surface area contributed by atoms with Crippen molar-refractivity contribution >= 4 is 28.4 Å². The summed E-state index contributed by atoms with van der Waals surface area (Å²) in [5, 5.41) is 12.3. The van der Waals surface area contributed by atoms with Crippen LogP contribution in [0.4, 0.5) is 0 Å². The van der Waals surface area contributed by atoms with Crippen LogP contribution in [0.2, 0.25) is 0 Å². The molecular formula is C19H19N3O4. The molecule has 4 heterocycles. The standard InChI is InChI=1S/C19H19N3O4/c23-9-4-8-22-11-13(12-5-3-7-20-17(12)22)15-16(19(25)21-18(15)24)14-6-1-2-10-26-14/h3,5-7,11,23H,1-2,4,8-10H2,(H,21,24,25). The van der Waals surface area contributed by atoms with Gasteiger partial charge in [-0.1, -0.05) is 0 Å². The average molecular weight is 353 g/mol. The number of imide groups is 1. The zero-order valence-electron chi connectivity index (χ0n) is 14.2. The first-order chi connectivity index (χ1) is 12.7. The van der Waals surface area contributed by atoms with Crippen LogP contribution in [0, 0.1) is 0 Å². The van der Waals surface area contributed by atoms with E-state index < -0.39 is 11.8 Å². The lowest BCUT2D eigenvalue weighted by Gasteiger charge is -2.15. The number of ether oxygens (including phenoxy) is 1. The highest BCUT2D eigenvalue weighted by Crippen LogP contribution is 2.35. The molecule has 2 aliphatic heterocycles. The Morgan fingerprint density at radius 3 is 2.88 bits per heavy atom. The molecule has 0 atom stereocenters. The average Bonchev–Trinajstić information content (AvgIpc) is 3.17. The number of allylic oxidation sites excluding steroid dienone is 1. The van der Waals surface area contributed by atoms with Gasteiger partial charge in [-0.15, -0.1) is 0 Å². The molecule has 26 heavy (non-hydrogen) atoms. The number of aromatic nitrogens is 2. The van der Waals surface area contributed by atoms with Crippen LogP contribution >= 0.6 is 0 Å². The lowest BCUT2D eigenvalue weighted by Crippen LogP contribution is -2.23. The number of fused-ring (bicyclic) bond motifs is 1. The van der Waals surface area contributed by atoms with Gasteiger partial charge in [-0.2, -0.15) is 0 Å². The molecule has 0 radical (unpaired) electrons. The maximum atomic E-state index is 12.6. The summed E-state index contributed by atoms with van der Waals surface area (Å²) in [6, 6.07) is 3.68. The molecule has 134 valence electrons. The van der Waals surface area contributed by atoms with E-state index in [2.05, 4.69) is 10.3 Å². The van der Waals surface area contributed by atoms with Gasteiger partial charge in [-0.3, -0.25) is 14.9 Å².